The maximum Gasteiger partial charge on any atom is 0.0804 e. The molecule has 0 bridgehead atoms. The maximum absolute atomic E-state index is 10.5. The second kappa shape index (κ2) is 8.12. The maximum atomic E-state index is 10.5. The molecule has 2 nitrogen and oxygen atoms in total. The van der Waals surface area contributed by atoms with Crippen molar-refractivity contribution in [1.82, 2.24) is 0 Å². The summed E-state index contributed by atoms with van der Waals surface area (Å²) in [6, 6.07) is 0. The molecule has 4 aliphatic rings. The zero-order valence-electron chi connectivity index (χ0n) is 19.9. The van der Waals surface area contributed by atoms with Crippen LogP contribution in [0.1, 0.15) is 105 Å². The molecule has 0 aromatic carbocycles. The minimum atomic E-state index is -0.499. The number of hydrogen-bond acceptors (Lipinski definition) is 2. The van der Waals surface area contributed by atoms with Crippen molar-refractivity contribution in [2.45, 2.75) is 117 Å². The van der Waals surface area contributed by atoms with Gasteiger partial charge < -0.3 is 10.2 Å². The second-order valence-corrected chi connectivity index (χ2v) is 12.8. The molecule has 168 valence electrons. The summed E-state index contributed by atoms with van der Waals surface area (Å²) in [7, 11) is 0. The van der Waals surface area contributed by atoms with E-state index in [9.17, 15) is 10.2 Å². The molecule has 0 aromatic heterocycles. The summed E-state index contributed by atoms with van der Waals surface area (Å²) in [4.78, 5) is 0. The fraction of sp³-hybridized carbons (Fsp3) is 1.00. The van der Waals surface area contributed by atoms with Gasteiger partial charge >= 0.3 is 0 Å². The topological polar surface area (TPSA) is 40.5 Å². The Morgan fingerprint density at radius 2 is 1.55 bits per heavy atom. The van der Waals surface area contributed by atoms with E-state index in [-0.39, 0.29) is 5.41 Å². The van der Waals surface area contributed by atoms with Gasteiger partial charge in [-0.1, -0.05) is 53.9 Å². The summed E-state index contributed by atoms with van der Waals surface area (Å²) < 4.78 is 0. The fourth-order valence-electron chi connectivity index (χ4n) is 9.30. The molecule has 0 aromatic rings. The van der Waals surface area contributed by atoms with Gasteiger partial charge in [-0.2, -0.15) is 0 Å². The number of fused-ring (bicyclic) bond motifs is 5. The van der Waals surface area contributed by atoms with Crippen molar-refractivity contribution in [3.63, 3.8) is 0 Å². The Bertz CT molecular complexity index is 573. The van der Waals surface area contributed by atoms with E-state index >= 15 is 0 Å². The van der Waals surface area contributed by atoms with E-state index in [1.54, 1.807) is 0 Å². The van der Waals surface area contributed by atoms with Crippen molar-refractivity contribution >= 4 is 0 Å². The normalized spacial score (nSPS) is 50.7. The summed E-state index contributed by atoms with van der Waals surface area (Å²) in [5.41, 5.74) is 0.804. The van der Waals surface area contributed by atoms with E-state index in [0.29, 0.717) is 11.3 Å². The third-order valence-electron chi connectivity index (χ3n) is 10.9. The lowest BCUT2D eigenvalue weighted by atomic mass is 9.44. The van der Waals surface area contributed by atoms with E-state index in [0.717, 1.165) is 48.3 Å². The van der Waals surface area contributed by atoms with Gasteiger partial charge in [0.05, 0.1) is 12.2 Å². The molecule has 29 heavy (non-hydrogen) atoms. The fourth-order valence-corrected chi connectivity index (χ4v) is 9.30. The van der Waals surface area contributed by atoms with Gasteiger partial charge in [-0.05, 0) is 104 Å². The van der Waals surface area contributed by atoms with E-state index in [2.05, 4.69) is 34.6 Å². The zero-order valence-corrected chi connectivity index (χ0v) is 19.9. The molecule has 4 saturated carbocycles. The van der Waals surface area contributed by atoms with E-state index < -0.39 is 12.2 Å². The van der Waals surface area contributed by atoms with Crippen molar-refractivity contribution in [3.05, 3.63) is 0 Å². The molecule has 0 aliphatic heterocycles. The third-order valence-corrected chi connectivity index (χ3v) is 10.9. The number of rotatable bonds is 5. The first-order valence-corrected chi connectivity index (χ1v) is 13.0. The van der Waals surface area contributed by atoms with Crippen LogP contribution in [0.25, 0.3) is 0 Å². The summed E-state index contributed by atoms with van der Waals surface area (Å²) in [6.07, 6.45) is 13.2. The number of aliphatic hydroxyl groups is 2. The standard InChI is InChI=1S/C27H48O2/c1-17(2)7-6-8-18(3)21-11-12-22-20-10-9-19-15-24(28)25(29)16-27(19,5)23(20)13-14-26(21,22)4/h17-25,28-29H,6-16H2,1-5H3/t18-,19+,20+,21+,22-,23-,24+,25-,26-,27+/m1/s1. The summed E-state index contributed by atoms with van der Waals surface area (Å²) >= 11 is 0. The van der Waals surface area contributed by atoms with Crippen LogP contribution in [0, 0.1) is 52.3 Å². The van der Waals surface area contributed by atoms with Crippen LogP contribution < -0.4 is 0 Å². The Labute approximate surface area is 180 Å². The second-order valence-electron chi connectivity index (χ2n) is 12.8. The first kappa shape index (κ1) is 22.1. The molecule has 0 amide bonds. The lowest BCUT2D eigenvalue weighted by Crippen LogP contribution is -2.56. The zero-order chi connectivity index (χ0) is 21.0. The lowest BCUT2D eigenvalue weighted by Gasteiger charge is -2.61. The highest BCUT2D eigenvalue weighted by Crippen LogP contribution is 2.68. The molecule has 0 heterocycles. The van der Waals surface area contributed by atoms with Gasteiger partial charge in [-0.3, -0.25) is 0 Å². The first-order chi connectivity index (χ1) is 13.7. The molecule has 10 atom stereocenters. The van der Waals surface area contributed by atoms with Crippen molar-refractivity contribution < 1.29 is 10.2 Å². The largest absolute Gasteiger partial charge is 0.390 e. The Morgan fingerprint density at radius 3 is 2.28 bits per heavy atom. The number of hydrogen-bond donors (Lipinski definition) is 2. The van der Waals surface area contributed by atoms with Gasteiger partial charge in [0.1, 0.15) is 0 Å². The predicted molar refractivity (Wildman–Crippen MR) is 120 cm³/mol. The molecule has 4 aliphatic carbocycles. The molecule has 0 radical (unpaired) electrons. The summed E-state index contributed by atoms with van der Waals surface area (Å²) in [5.74, 6) is 5.80. The van der Waals surface area contributed by atoms with Crippen LogP contribution in [-0.2, 0) is 0 Å². The highest BCUT2D eigenvalue weighted by Gasteiger charge is 2.61. The SMILES string of the molecule is CC(C)CCC[C@@H](C)[C@@H]1CC[C@@H]2[C@@H]3CC[C@H]4C[C@H](O)[C@H](O)C[C@]4(C)[C@@H]3CC[C@@]21C. The molecule has 0 spiro atoms. The average Bonchev–Trinajstić information content (AvgIpc) is 3.00. The Balaban J connectivity index is 1.47. The minimum Gasteiger partial charge on any atom is -0.390 e. The monoisotopic (exact) mass is 404 g/mol. The Hall–Kier alpha value is -0.0800. The molecule has 0 saturated heterocycles. The van der Waals surface area contributed by atoms with Crippen molar-refractivity contribution in [2.24, 2.45) is 52.3 Å². The molecule has 2 heteroatoms. The molecular weight excluding hydrogens is 356 g/mol. The van der Waals surface area contributed by atoms with Gasteiger partial charge in [0.15, 0.2) is 0 Å². The summed E-state index contributed by atoms with van der Waals surface area (Å²) in [5, 5.41) is 20.8. The highest BCUT2D eigenvalue weighted by atomic mass is 16.3. The first-order valence-electron chi connectivity index (χ1n) is 13.0. The Kier molecular flexibility index (Phi) is 6.19. The van der Waals surface area contributed by atoms with Crippen LogP contribution in [0.4, 0.5) is 0 Å². The van der Waals surface area contributed by atoms with E-state index in [1.165, 1.54) is 57.8 Å². The van der Waals surface area contributed by atoms with Crippen LogP contribution in [0.2, 0.25) is 0 Å². The van der Waals surface area contributed by atoms with Crippen molar-refractivity contribution in [3.8, 4) is 0 Å². The number of aliphatic hydroxyl groups excluding tert-OH is 2. The van der Waals surface area contributed by atoms with E-state index in [1.807, 2.05) is 0 Å². The average molecular weight is 405 g/mol. The Morgan fingerprint density at radius 1 is 0.828 bits per heavy atom. The van der Waals surface area contributed by atoms with Crippen LogP contribution in [0.15, 0.2) is 0 Å². The van der Waals surface area contributed by atoms with Gasteiger partial charge in [-0.25, -0.2) is 0 Å². The minimum absolute atomic E-state index is 0.254. The highest BCUT2D eigenvalue weighted by molar-refractivity contribution is 5.10. The molecule has 4 fully saturated rings. The van der Waals surface area contributed by atoms with Crippen LogP contribution in [-0.4, -0.2) is 22.4 Å². The van der Waals surface area contributed by atoms with Gasteiger partial charge in [0.25, 0.3) is 0 Å². The predicted octanol–water partition coefficient (Wildman–Crippen LogP) is 6.44. The van der Waals surface area contributed by atoms with Gasteiger partial charge in [0.2, 0.25) is 0 Å². The van der Waals surface area contributed by atoms with Crippen LogP contribution >= 0.6 is 0 Å². The van der Waals surface area contributed by atoms with Crippen LogP contribution in [0.3, 0.4) is 0 Å². The molecule has 4 rings (SSSR count). The molecular formula is C27H48O2. The van der Waals surface area contributed by atoms with Crippen LogP contribution in [0.5, 0.6) is 0 Å². The van der Waals surface area contributed by atoms with Crippen molar-refractivity contribution in [2.75, 3.05) is 0 Å². The molecule has 0 unspecified atom stereocenters. The summed E-state index contributed by atoms with van der Waals surface area (Å²) in [6.45, 7) is 12.4. The van der Waals surface area contributed by atoms with E-state index in [4.69, 9.17) is 0 Å². The van der Waals surface area contributed by atoms with Gasteiger partial charge in [-0.15, -0.1) is 0 Å². The quantitative estimate of drug-likeness (QED) is 0.553. The smallest absolute Gasteiger partial charge is 0.0804 e. The van der Waals surface area contributed by atoms with Crippen molar-refractivity contribution in [1.29, 1.82) is 0 Å². The molecule has 2 N–H and O–H groups in total. The third kappa shape index (κ3) is 3.73. The lowest BCUT2D eigenvalue weighted by molar-refractivity contribution is -0.160. The van der Waals surface area contributed by atoms with Gasteiger partial charge in [0, 0.05) is 0 Å².